The van der Waals surface area contributed by atoms with Crippen molar-refractivity contribution in [2.45, 2.75) is 50.9 Å². The minimum absolute atomic E-state index is 0. The van der Waals surface area contributed by atoms with Gasteiger partial charge in [-0.3, -0.25) is 23.7 Å². The van der Waals surface area contributed by atoms with Gasteiger partial charge < -0.3 is 34.9 Å². The number of pyridine rings is 1. The molecule has 0 spiro atoms. The van der Waals surface area contributed by atoms with Gasteiger partial charge in [0.15, 0.2) is 5.58 Å². The Hall–Kier alpha value is -5.83. The highest BCUT2D eigenvalue weighted by molar-refractivity contribution is 5.94. The maximum atomic E-state index is 13.0. The SMILES string of the molecule is F.F.O=C(O)N(c1cc(CCCn2c(=O)oc3cc(CNC[C@@H](O)c4ccc(O)c5[nH]c(=O)ccc45)ccc32)ccc1-c1ccccc1)[C@H]1CN2CCC1CC2. The molecule has 2 bridgehead atoms. The van der Waals surface area contributed by atoms with Gasteiger partial charge in [0.05, 0.1) is 28.9 Å². The molecule has 5 N–H and O–H groups in total. The van der Waals surface area contributed by atoms with Crippen molar-refractivity contribution in [3.05, 3.63) is 129 Å². The van der Waals surface area contributed by atoms with Crippen LogP contribution in [0.3, 0.4) is 0 Å². The molecular weight excluding hydrogens is 724 g/mol. The number of carbonyl (C=O) groups is 1. The number of aryl methyl sites for hydroxylation is 2. The first kappa shape index (κ1) is 39.9. The molecule has 14 heteroatoms. The van der Waals surface area contributed by atoms with Crippen LogP contribution in [0.15, 0.2) is 105 Å². The number of nitrogens with one attached hydrogen (secondary N) is 2. The second-order valence-corrected chi connectivity index (χ2v) is 14.4. The summed E-state index contributed by atoms with van der Waals surface area (Å²) >= 11 is 0. The van der Waals surface area contributed by atoms with E-state index in [1.165, 1.54) is 12.1 Å². The molecule has 3 saturated heterocycles. The lowest BCUT2D eigenvalue weighted by Gasteiger charge is -2.48. The Kier molecular flexibility index (Phi) is 12.0. The summed E-state index contributed by atoms with van der Waals surface area (Å²) in [6, 6.07) is 27.5. The minimum atomic E-state index is -0.935. The molecule has 0 unspecified atom stereocenters. The van der Waals surface area contributed by atoms with Gasteiger partial charge in [-0.15, -0.1) is 0 Å². The normalized spacial score (nSPS) is 18.0. The number of hydrogen-bond acceptors (Lipinski definition) is 8. The number of amides is 1. The zero-order valence-electron chi connectivity index (χ0n) is 30.6. The van der Waals surface area contributed by atoms with Crippen molar-refractivity contribution in [1.82, 2.24) is 19.8 Å². The number of piperidine rings is 3. The molecular formula is C42H45F2N5O7. The number of carboxylic acid groups (broad SMARTS) is 1. The summed E-state index contributed by atoms with van der Waals surface area (Å²) in [5, 5.41) is 35.5. The van der Waals surface area contributed by atoms with E-state index in [9.17, 15) is 29.7 Å². The van der Waals surface area contributed by atoms with Gasteiger partial charge in [0.2, 0.25) is 5.56 Å². The number of aliphatic hydroxyl groups excluding tert-OH is 1. The Labute approximate surface area is 320 Å². The molecule has 56 heavy (non-hydrogen) atoms. The molecule has 9 rings (SSSR count). The van der Waals surface area contributed by atoms with Crippen molar-refractivity contribution < 1.29 is 33.9 Å². The molecule has 294 valence electrons. The number of benzene rings is 4. The Morgan fingerprint density at radius 3 is 2.45 bits per heavy atom. The third kappa shape index (κ3) is 7.94. The number of oxazole rings is 1. The number of anilines is 1. The molecule has 1 amide bonds. The molecule has 2 aromatic heterocycles. The van der Waals surface area contributed by atoms with Crippen molar-refractivity contribution in [2.24, 2.45) is 5.92 Å². The summed E-state index contributed by atoms with van der Waals surface area (Å²) in [6.45, 7) is 3.83. The Morgan fingerprint density at radius 2 is 1.71 bits per heavy atom. The van der Waals surface area contributed by atoms with Crippen molar-refractivity contribution in [2.75, 3.05) is 31.1 Å². The predicted molar refractivity (Wildman–Crippen MR) is 212 cm³/mol. The van der Waals surface area contributed by atoms with E-state index in [4.69, 9.17) is 4.42 Å². The fourth-order valence-corrected chi connectivity index (χ4v) is 8.33. The standard InChI is InChI=1S/C42H43N5O7.2FH/c48-36-14-11-31(32-12-15-39(50)44-40(32)36)37(49)24-43-23-27-9-13-33-38(22-27)54-42(53)46(33)18-4-5-26-8-10-30(28-6-2-1-3-7-28)34(21-26)47(41(51)52)35-25-45-19-16-29(35)17-20-45;;/h1-3,6-15,21-22,29,35,37,43,48-49H,4-5,16-20,23-25H2,(H,44,50)(H,51,52);2*1H/t35-,37+;;/m0../s1. The molecule has 6 aromatic rings. The number of hydrogen-bond donors (Lipinski definition) is 5. The largest absolute Gasteiger partial charge is 0.506 e. The van der Waals surface area contributed by atoms with Crippen LogP contribution < -0.4 is 21.5 Å². The second-order valence-electron chi connectivity index (χ2n) is 14.4. The molecule has 5 heterocycles. The summed E-state index contributed by atoms with van der Waals surface area (Å²) < 4.78 is 7.27. The third-order valence-corrected chi connectivity index (χ3v) is 11.1. The zero-order valence-corrected chi connectivity index (χ0v) is 30.6. The number of halogens is 2. The van der Waals surface area contributed by atoms with Gasteiger partial charge in [-0.1, -0.05) is 54.6 Å². The minimum Gasteiger partial charge on any atom is -0.506 e. The van der Waals surface area contributed by atoms with E-state index in [0.717, 1.165) is 54.7 Å². The number of aromatic nitrogens is 2. The third-order valence-electron chi connectivity index (χ3n) is 11.1. The van der Waals surface area contributed by atoms with Gasteiger partial charge in [-0.25, -0.2) is 9.59 Å². The molecule has 2 atom stereocenters. The first-order valence-electron chi connectivity index (χ1n) is 18.5. The predicted octanol–water partition coefficient (Wildman–Crippen LogP) is 6.15. The highest BCUT2D eigenvalue weighted by atomic mass is 19.0. The lowest BCUT2D eigenvalue weighted by atomic mass is 9.82. The number of fused-ring (bicyclic) bond motifs is 5. The van der Waals surface area contributed by atoms with Crippen molar-refractivity contribution in [3.63, 3.8) is 0 Å². The fourth-order valence-electron chi connectivity index (χ4n) is 8.33. The summed E-state index contributed by atoms with van der Waals surface area (Å²) in [5.74, 6) is -0.174. The number of phenols is 1. The van der Waals surface area contributed by atoms with Crippen LogP contribution in [0.2, 0.25) is 0 Å². The molecule has 3 aliphatic rings. The lowest BCUT2D eigenvalue weighted by molar-refractivity contribution is 0.0837. The summed E-state index contributed by atoms with van der Waals surface area (Å²) in [6.07, 6.45) is 1.47. The highest BCUT2D eigenvalue weighted by Gasteiger charge is 2.41. The van der Waals surface area contributed by atoms with Gasteiger partial charge in [0, 0.05) is 43.2 Å². The van der Waals surface area contributed by atoms with Gasteiger partial charge in [-0.2, -0.15) is 0 Å². The van der Waals surface area contributed by atoms with E-state index in [-0.39, 0.29) is 38.8 Å². The monoisotopic (exact) mass is 769 g/mol. The number of aliphatic hydroxyl groups is 1. The van der Waals surface area contributed by atoms with Crippen molar-refractivity contribution >= 4 is 33.8 Å². The summed E-state index contributed by atoms with van der Waals surface area (Å²) in [5.41, 5.74) is 6.10. The maximum Gasteiger partial charge on any atom is 0.419 e. The molecule has 3 fully saturated rings. The highest BCUT2D eigenvalue weighted by Crippen LogP contribution is 2.39. The molecule has 0 radical (unpaired) electrons. The van der Waals surface area contributed by atoms with Crippen LogP contribution in [0.1, 0.15) is 42.1 Å². The maximum absolute atomic E-state index is 13.0. The number of phenolic OH excluding ortho intramolecular Hbond substituents is 1. The van der Waals surface area contributed by atoms with E-state index in [2.05, 4.69) is 21.3 Å². The van der Waals surface area contributed by atoms with E-state index in [0.29, 0.717) is 59.6 Å². The van der Waals surface area contributed by atoms with Gasteiger partial charge in [0.1, 0.15) is 5.75 Å². The Morgan fingerprint density at radius 1 is 0.946 bits per heavy atom. The first-order chi connectivity index (χ1) is 26.2. The number of rotatable bonds is 12. The van der Waals surface area contributed by atoms with Crippen LogP contribution in [-0.2, 0) is 19.5 Å². The van der Waals surface area contributed by atoms with Gasteiger partial charge in [0.25, 0.3) is 0 Å². The van der Waals surface area contributed by atoms with Crippen LogP contribution in [0.25, 0.3) is 33.1 Å². The van der Waals surface area contributed by atoms with Crippen LogP contribution in [-0.4, -0.2) is 68.1 Å². The van der Waals surface area contributed by atoms with E-state index >= 15 is 0 Å². The van der Waals surface area contributed by atoms with Gasteiger partial charge >= 0.3 is 11.8 Å². The van der Waals surface area contributed by atoms with Crippen molar-refractivity contribution in [1.29, 1.82) is 0 Å². The fraction of sp³-hybridized carbons (Fsp3) is 0.310. The Balaban J connectivity index is 0.00000266. The Bertz CT molecular complexity index is 2440. The zero-order chi connectivity index (χ0) is 37.3. The van der Waals surface area contributed by atoms with Crippen LogP contribution in [0.4, 0.5) is 19.9 Å². The molecule has 12 nitrogen and oxygen atoms in total. The average molecular weight is 770 g/mol. The molecule has 4 aromatic carbocycles. The topological polar surface area (TPSA) is 164 Å². The van der Waals surface area contributed by atoms with E-state index < -0.39 is 18.0 Å². The summed E-state index contributed by atoms with van der Waals surface area (Å²) in [7, 11) is 0. The number of aromatic amines is 1. The van der Waals surface area contributed by atoms with Crippen LogP contribution in [0, 0.1) is 5.92 Å². The lowest BCUT2D eigenvalue weighted by Crippen LogP contribution is -2.59. The van der Waals surface area contributed by atoms with Gasteiger partial charge in [-0.05, 0) is 97.3 Å². The first-order valence-corrected chi connectivity index (χ1v) is 18.5. The quantitative estimate of drug-likeness (QED) is 0.0983. The summed E-state index contributed by atoms with van der Waals surface area (Å²) in [4.78, 5) is 44.3. The van der Waals surface area contributed by atoms with E-state index in [1.807, 2.05) is 60.7 Å². The van der Waals surface area contributed by atoms with Crippen LogP contribution >= 0.6 is 0 Å². The molecule has 0 saturated carbocycles. The van der Waals surface area contributed by atoms with Crippen molar-refractivity contribution in [3.8, 4) is 16.9 Å². The molecule has 0 aliphatic carbocycles. The number of nitrogens with zero attached hydrogens (tertiary/aromatic N) is 3. The van der Waals surface area contributed by atoms with Crippen LogP contribution in [0.5, 0.6) is 5.75 Å². The number of aromatic hydroxyl groups is 1. The smallest absolute Gasteiger partial charge is 0.419 e. The average Bonchev–Trinajstić information content (AvgIpc) is 3.49. The second kappa shape index (κ2) is 16.9. The number of H-pyrrole nitrogens is 1. The van der Waals surface area contributed by atoms with E-state index in [1.54, 1.807) is 21.6 Å². The molecule has 3 aliphatic heterocycles.